The van der Waals surface area contributed by atoms with E-state index >= 15 is 0 Å². The molecule has 0 fully saturated rings. The summed E-state index contributed by atoms with van der Waals surface area (Å²) in [7, 11) is -3.97. The van der Waals surface area contributed by atoms with E-state index in [0.717, 1.165) is 15.2 Å². The Morgan fingerprint density at radius 3 is 1.62 bits per heavy atom. The van der Waals surface area contributed by atoms with Crippen LogP contribution in [0.4, 0.5) is 0 Å². The Hall–Kier alpha value is 0.442. The van der Waals surface area contributed by atoms with Crippen molar-refractivity contribution in [3.8, 4) is 0 Å². The normalized spacial score (nSPS) is 10.3. The number of hydrogen-bond acceptors (Lipinski definition) is 3. The molecule has 0 bridgehead atoms. The van der Waals surface area contributed by atoms with Crippen LogP contribution in [0.3, 0.4) is 0 Å². The third-order valence-electron chi connectivity index (χ3n) is 1.11. The van der Waals surface area contributed by atoms with Gasteiger partial charge in [-0.05, 0) is 5.92 Å². The van der Waals surface area contributed by atoms with Crippen LogP contribution in [-0.4, -0.2) is 33.9 Å². The molecule has 0 atom stereocenters. The first-order chi connectivity index (χ1) is 5.83. The molecule has 5 heteroatoms. The van der Waals surface area contributed by atoms with Crippen molar-refractivity contribution in [2.45, 2.75) is 38.3 Å². The Morgan fingerprint density at radius 1 is 1.23 bits per heavy atom. The molecule has 0 saturated carbocycles. The van der Waals surface area contributed by atoms with Gasteiger partial charge in [0.1, 0.15) is 0 Å². The van der Waals surface area contributed by atoms with Gasteiger partial charge in [-0.3, -0.25) is 0 Å². The summed E-state index contributed by atoms with van der Waals surface area (Å²) in [6.07, 6.45) is 0. The van der Waals surface area contributed by atoms with E-state index < -0.39 is 10.1 Å². The zero-order chi connectivity index (χ0) is 10.9. The van der Waals surface area contributed by atoms with Crippen molar-refractivity contribution >= 4 is 25.3 Å². The second kappa shape index (κ2) is 9.02. The molecule has 78 valence electrons. The average molecular weight is 222 g/mol. The van der Waals surface area contributed by atoms with Crippen molar-refractivity contribution < 1.29 is 13.0 Å². The maximum absolute atomic E-state index is 9.89. The molecule has 0 aliphatic carbocycles. The molecule has 0 N–H and O–H groups in total. The third-order valence-corrected chi connectivity index (χ3v) is 3.34. The molecule has 0 radical (unpaired) electrons. The predicted molar refractivity (Wildman–Crippen MR) is 56.1 cm³/mol. The van der Waals surface area contributed by atoms with E-state index in [1.165, 1.54) is 10.6 Å². The summed E-state index contributed by atoms with van der Waals surface area (Å²) in [5.74, 6) is -0.315. The Labute approximate surface area is 88.4 Å². The van der Waals surface area contributed by atoms with Gasteiger partial charge in [0.25, 0.3) is 0 Å². The fourth-order valence-corrected chi connectivity index (χ4v) is 2.09. The summed E-state index contributed by atoms with van der Waals surface area (Å²) in [6.45, 7) is 7.88. The van der Waals surface area contributed by atoms with Gasteiger partial charge >= 0.3 is 39.6 Å². The molecule has 0 unspecified atom stereocenters. The van der Waals surface area contributed by atoms with Crippen LogP contribution < -0.4 is 0 Å². The summed E-state index contributed by atoms with van der Waals surface area (Å²) in [4.78, 5) is 0. The van der Waals surface area contributed by atoms with Crippen molar-refractivity contribution in [1.29, 1.82) is 0 Å². The van der Waals surface area contributed by atoms with Crippen LogP contribution in [0.25, 0.3) is 0 Å². The Morgan fingerprint density at radius 2 is 1.62 bits per heavy atom. The first-order valence-corrected chi connectivity index (χ1v) is 7.79. The zero-order valence-electron chi connectivity index (χ0n) is 8.91. The molecule has 0 amide bonds. The van der Waals surface area contributed by atoms with Crippen LogP contribution in [-0.2, 0) is 10.1 Å². The van der Waals surface area contributed by atoms with Gasteiger partial charge < -0.3 is 4.55 Å². The van der Waals surface area contributed by atoms with Gasteiger partial charge in [-0.2, -0.15) is 0 Å². The third kappa shape index (κ3) is 24.5. The van der Waals surface area contributed by atoms with Crippen molar-refractivity contribution in [2.24, 2.45) is 5.92 Å². The Bertz CT molecular complexity index is 186. The van der Waals surface area contributed by atoms with Crippen molar-refractivity contribution in [3.63, 3.8) is 0 Å². The zero-order valence-corrected chi connectivity index (χ0v) is 10.9. The first-order valence-electron chi connectivity index (χ1n) is 4.58. The topological polar surface area (TPSA) is 57.2 Å². The summed E-state index contributed by atoms with van der Waals surface area (Å²) in [6, 6.07) is 0. The van der Waals surface area contributed by atoms with E-state index in [1.54, 1.807) is 13.8 Å². The van der Waals surface area contributed by atoms with Gasteiger partial charge in [-0.1, -0.05) is 13.8 Å². The standard InChI is InChI=1S/C4H10O3S.2C2H5.Al/c1-4(2)3-8(5,6)7;2*1-2;/h4H,3H2,1-2H3,(H,5,6,7);2*1H2,2H3;/q;;;+1/p-1. The van der Waals surface area contributed by atoms with Crippen LogP contribution in [0.5, 0.6) is 0 Å². The SMILES string of the molecule is CC(C)CS(=O)(=O)[O-].C[CH2][Al+][CH2]C. The van der Waals surface area contributed by atoms with Crippen molar-refractivity contribution in [2.75, 3.05) is 5.75 Å². The van der Waals surface area contributed by atoms with Crippen LogP contribution in [0.1, 0.15) is 27.7 Å². The Balaban J connectivity index is 0. The summed E-state index contributed by atoms with van der Waals surface area (Å²) >= 11 is 0.815. The van der Waals surface area contributed by atoms with Gasteiger partial charge in [-0.15, -0.1) is 0 Å². The van der Waals surface area contributed by atoms with Gasteiger partial charge in [0, 0.05) is 5.75 Å². The van der Waals surface area contributed by atoms with Gasteiger partial charge in [0.15, 0.2) is 0 Å². The summed E-state index contributed by atoms with van der Waals surface area (Å²) in [5, 5.41) is 2.85. The van der Waals surface area contributed by atoms with Gasteiger partial charge in [0.2, 0.25) is 0 Å². The molecule has 0 spiro atoms. The van der Waals surface area contributed by atoms with E-state index in [0.29, 0.717) is 0 Å². The second-order valence-corrected chi connectivity index (χ2v) is 6.88. The van der Waals surface area contributed by atoms with Gasteiger partial charge in [-0.25, -0.2) is 8.42 Å². The van der Waals surface area contributed by atoms with Crippen LogP contribution in [0, 0.1) is 5.92 Å². The molecule has 3 nitrogen and oxygen atoms in total. The van der Waals surface area contributed by atoms with Crippen molar-refractivity contribution in [1.82, 2.24) is 0 Å². The van der Waals surface area contributed by atoms with Crippen molar-refractivity contribution in [3.05, 3.63) is 0 Å². The molecular formula is C8H19AlO3S. The van der Waals surface area contributed by atoms with Crippen LogP contribution in [0.2, 0.25) is 10.6 Å². The van der Waals surface area contributed by atoms with E-state index in [1.807, 2.05) is 0 Å². The minimum absolute atomic E-state index is 0.0579. The Kier molecular flexibility index (Phi) is 11.0. The molecule has 0 aromatic carbocycles. The van der Waals surface area contributed by atoms with Crippen LogP contribution >= 0.6 is 0 Å². The first kappa shape index (κ1) is 15.9. The summed E-state index contributed by atoms with van der Waals surface area (Å²) in [5.41, 5.74) is 0. The van der Waals surface area contributed by atoms with E-state index in [9.17, 15) is 13.0 Å². The summed E-state index contributed by atoms with van der Waals surface area (Å²) < 4.78 is 29.7. The monoisotopic (exact) mass is 222 g/mol. The maximum atomic E-state index is 9.89. The quantitative estimate of drug-likeness (QED) is 0.538. The minimum atomic E-state index is -3.97. The van der Waals surface area contributed by atoms with E-state index in [2.05, 4.69) is 13.8 Å². The second-order valence-electron chi connectivity index (χ2n) is 3.22. The number of hydrogen-bond donors (Lipinski definition) is 0. The van der Waals surface area contributed by atoms with Gasteiger partial charge in [0.05, 0.1) is 10.1 Å². The fraction of sp³-hybridized carbons (Fsp3) is 1.00. The van der Waals surface area contributed by atoms with E-state index in [-0.39, 0.29) is 11.7 Å². The van der Waals surface area contributed by atoms with Crippen LogP contribution in [0.15, 0.2) is 0 Å². The molecule has 0 heterocycles. The molecule has 0 rings (SSSR count). The fourth-order valence-electron chi connectivity index (χ4n) is 0.697. The molecule has 0 aromatic heterocycles. The molecule has 0 aliphatic rings. The van der Waals surface area contributed by atoms with E-state index in [4.69, 9.17) is 0 Å². The number of rotatable bonds is 4. The molecule has 0 aliphatic heterocycles. The molecule has 0 saturated heterocycles. The molecule has 13 heavy (non-hydrogen) atoms. The molecule has 0 aromatic rings. The predicted octanol–water partition coefficient (Wildman–Crippen LogP) is 1.75. The molecular weight excluding hydrogens is 203 g/mol. The average Bonchev–Trinajstić information content (AvgIpc) is 1.84.